The first-order valence-electron chi connectivity index (χ1n) is 7.94. The van der Waals surface area contributed by atoms with Crippen LogP contribution in [0.1, 0.15) is 5.56 Å². The molecule has 2 heterocycles. The van der Waals surface area contributed by atoms with Gasteiger partial charge in [-0.05, 0) is 19.2 Å². The third kappa shape index (κ3) is 4.10. The van der Waals surface area contributed by atoms with Crippen LogP contribution in [0.15, 0.2) is 30.5 Å². The average molecular weight is 316 g/mol. The molecule has 0 radical (unpaired) electrons. The van der Waals surface area contributed by atoms with Crippen molar-refractivity contribution in [3.8, 4) is 17.0 Å². The van der Waals surface area contributed by atoms with Crippen LogP contribution in [-0.4, -0.2) is 61.6 Å². The van der Waals surface area contributed by atoms with Crippen molar-refractivity contribution in [2.75, 3.05) is 40.4 Å². The molecule has 0 amide bonds. The van der Waals surface area contributed by atoms with Crippen molar-refractivity contribution >= 4 is 0 Å². The molecule has 6 heteroatoms. The monoisotopic (exact) mass is 316 g/mol. The highest BCUT2D eigenvalue weighted by molar-refractivity contribution is 5.64. The number of morpholine rings is 1. The van der Waals surface area contributed by atoms with Crippen molar-refractivity contribution < 1.29 is 9.47 Å². The number of aromatic nitrogens is 2. The van der Waals surface area contributed by atoms with E-state index in [1.54, 1.807) is 7.11 Å². The molecule has 1 aliphatic heterocycles. The molecule has 1 aromatic carbocycles. The largest absolute Gasteiger partial charge is 0.497 e. The van der Waals surface area contributed by atoms with Gasteiger partial charge >= 0.3 is 0 Å². The van der Waals surface area contributed by atoms with Gasteiger partial charge in [-0.15, -0.1) is 0 Å². The predicted molar refractivity (Wildman–Crippen MR) is 89.5 cm³/mol. The Labute approximate surface area is 136 Å². The van der Waals surface area contributed by atoms with Crippen LogP contribution >= 0.6 is 0 Å². The lowest BCUT2D eigenvalue weighted by Crippen LogP contribution is -2.44. The standard InChI is InChI=1S/C17H24N4O2/c1-21-6-7-23-16(12-21)11-18-9-14-10-19-20-17(14)13-4-3-5-15(8-13)22-2/h3-5,8,10,16,18H,6-7,9,11-12H2,1-2H3,(H,19,20)/t16-/m1/s1. The Morgan fingerprint density at radius 1 is 1.48 bits per heavy atom. The fourth-order valence-electron chi connectivity index (χ4n) is 2.83. The first kappa shape index (κ1) is 16.0. The molecule has 0 aliphatic carbocycles. The fourth-order valence-corrected chi connectivity index (χ4v) is 2.83. The third-order valence-electron chi connectivity index (χ3n) is 4.11. The van der Waals surface area contributed by atoms with Crippen molar-refractivity contribution in [3.05, 3.63) is 36.0 Å². The summed E-state index contributed by atoms with van der Waals surface area (Å²) in [6.45, 7) is 4.39. The fraction of sp³-hybridized carbons (Fsp3) is 0.471. The van der Waals surface area contributed by atoms with E-state index in [9.17, 15) is 0 Å². The summed E-state index contributed by atoms with van der Waals surface area (Å²) in [6, 6.07) is 7.99. The molecule has 0 saturated carbocycles. The Hall–Kier alpha value is -1.89. The number of methoxy groups -OCH3 is 1. The van der Waals surface area contributed by atoms with Crippen LogP contribution in [-0.2, 0) is 11.3 Å². The van der Waals surface area contributed by atoms with Crippen molar-refractivity contribution in [1.29, 1.82) is 0 Å². The number of hydrogen-bond acceptors (Lipinski definition) is 5. The molecular formula is C17H24N4O2. The van der Waals surface area contributed by atoms with Crippen molar-refractivity contribution in [2.24, 2.45) is 0 Å². The number of hydrogen-bond donors (Lipinski definition) is 2. The van der Waals surface area contributed by atoms with Crippen molar-refractivity contribution in [2.45, 2.75) is 12.6 Å². The summed E-state index contributed by atoms with van der Waals surface area (Å²) in [6.07, 6.45) is 2.12. The number of benzene rings is 1. The zero-order valence-corrected chi connectivity index (χ0v) is 13.7. The number of H-pyrrole nitrogens is 1. The van der Waals surface area contributed by atoms with Crippen molar-refractivity contribution in [1.82, 2.24) is 20.4 Å². The number of nitrogens with zero attached hydrogens (tertiary/aromatic N) is 2. The zero-order valence-electron chi connectivity index (χ0n) is 13.7. The Balaban J connectivity index is 1.60. The number of ether oxygens (including phenoxy) is 2. The van der Waals surface area contributed by atoms with Gasteiger partial charge in [-0.1, -0.05) is 12.1 Å². The Morgan fingerprint density at radius 3 is 3.22 bits per heavy atom. The summed E-state index contributed by atoms with van der Waals surface area (Å²) in [5.74, 6) is 0.842. The smallest absolute Gasteiger partial charge is 0.119 e. The molecule has 1 fully saturated rings. The first-order chi connectivity index (χ1) is 11.3. The highest BCUT2D eigenvalue weighted by atomic mass is 16.5. The molecule has 1 aliphatic rings. The van der Waals surface area contributed by atoms with Gasteiger partial charge in [0.15, 0.2) is 0 Å². The van der Waals surface area contributed by atoms with Gasteiger partial charge in [0.1, 0.15) is 5.75 Å². The van der Waals surface area contributed by atoms with E-state index in [1.165, 1.54) is 0 Å². The molecule has 1 saturated heterocycles. The van der Waals surface area contributed by atoms with Crippen LogP contribution < -0.4 is 10.1 Å². The van der Waals surface area contributed by atoms with Crippen LogP contribution in [0.25, 0.3) is 11.3 Å². The number of rotatable bonds is 6. The molecule has 6 nitrogen and oxygen atoms in total. The van der Waals surface area contributed by atoms with Gasteiger partial charge in [0, 0.05) is 37.3 Å². The number of likely N-dealkylation sites (N-methyl/N-ethyl adjacent to an activating group) is 1. The maximum atomic E-state index is 5.77. The molecule has 2 aromatic rings. The molecule has 23 heavy (non-hydrogen) atoms. The third-order valence-corrected chi connectivity index (χ3v) is 4.11. The summed E-state index contributed by atoms with van der Waals surface area (Å²) < 4.78 is 11.1. The molecule has 1 aromatic heterocycles. The molecule has 0 unspecified atom stereocenters. The summed E-state index contributed by atoms with van der Waals surface area (Å²) >= 11 is 0. The summed E-state index contributed by atoms with van der Waals surface area (Å²) in [5, 5.41) is 10.7. The summed E-state index contributed by atoms with van der Waals surface area (Å²) in [4.78, 5) is 2.30. The second-order valence-electron chi connectivity index (χ2n) is 5.89. The molecule has 124 valence electrons. The van der Waals surface area contributed by atoms with E-state index in [1.807, 2.05) is 24.4 Å². The molecular weight excluding hydrogens is 292 g/mol. The van der Waals surface area contributed by atoms with Gasteiger partial charge < -0.3 is 19.7 Å². The highest BCUT2D eigenvalue weighted by Crippen LogP contribution is 2.24. The van der Waals surface area contributed by atoms with Gasteiger partial charge in [-0.25, -0.2) is 0 Å². The van der Waals surface area contributed by atoms with Gasteiger partial charge in [0.05, 0.1) is 31.7 Å². The lowest BCUT2D eigenvalue weighted by atomic mass is 10.1. The molecule has 0 bridgehead atoms. The maximum absolute atomic E-state index is 5.77. The quantitative estimate of drug-likeness (QED) is 0.846. The Morgan fingerprint density at radius 2 is 2.39 bits per heavy atom. The lowest BCUT2D eigenvalue weighted by molar-refractivity contribution is -0.0182. The van der Waals surface area contributed by atoms with Crippen LogP contribution in [0.3, 0.4) is 0 Å². The van der Waals surface area contributed by atoms with E-state index in [0.717, 1.165) is 55.4 Å². The minimum atomic E-state index is 0.251. The van der Waals surface area contributed by atoms with E-state index >= 15 is 0 Å². The van der Waals surface area contributed by atoms with Gasteiger partial charge in [0.2, 0.25) is 0 Å². The van der Waals surface area contributed by atoms with Gasteiger partial charge in [0.25, 0.3) is 0 Å². The van der Waals surface area contributed by atoms with E-state index < -0.39 is 0 Å². The Kier molecular flexibility index (Phi) is 5.27. The summed E-state index contributed by atoms with van der Waals surface area (Å²) in [7, 11) is 3.81. The minimum Gasteiger partial charge on any atom is -0.497 e. The maximum Gasteiger partial charge on any atom is 0.119 e. The molecule has 3 rings (SSSR count). The van der Waals surface area contributed by atoms with E-state index in [-0.39, 0.29) is 6.10 Å². The zero-order chi connectivity index (χ0) is 16.1. The summed E-state index contributed by atoms with van der Waals surface area (Å²) in [5.41, 5.74) is 3.24. The SMILES string of the molecule is COc1cccc(-c2[nH]ncc2CNC[C@@H]2CN(C)CCO2)c1. The van der Waals surface area contributed by atoms with Crippen molar-refractivity contribution in [3.63, 3.8) is 0 Å². The van der Waals surface area contributed by atoms with Crippen LogP contribution in [0.4, 0.5) is 0 Å². The molecule has 2 N–H and O–H groups in total. The van der Waals surface area contributed by atoms with Crippen LogP contribution in [0.5, 0.6) is 5.75 Å². The number of nitrogens with one attached hydrogen (secondary N) is 2. The van der Waals surface area contributed by atoms with E-state index in [0.29, 0.717) is 0 Å². The van der Waals surface area contributed by atoms with E-state index in [2.05, 4.69) is 33.5 Å². The lowest BCUT2D eigenvalue weighted by Gasteiger charge is -2.30. The van der Waals surface area contributed by atoms with Crippen LogP contribution in [0.2, 0.25) is 0 Å². The predicted octanol–water partition coefficient (Wildman–Crippen LogP) is 1.51. The number of aromatic amines is 1. The normalized spacial score (nSPS) is 19.0. The highest BCUT2D eigenvalue weighted by Gasteiger charge is 2.17. The first-order valence-corrected chi connectivity index (χ1v) is 7.94. The van der Waals surface area contributed by atoms with Gasteiger partial charge in [-0.3, -0.25) is 5.10 Å². The Bertz CT molecular complexity index is 629. The molecule has 0 spiro atoms. The average Bonchev–Trinajstić information content (AvgIpc) is 3.03. The second-order valence-corrected chi connectivity index (χ2v) is 5.89. The second kappa shape index (κ2) is 7.59. The van der Waals surface area contributed by atoms with Gasteiger partial charge in [-0.2, -0.15) is 5.10 Å². The van der Waals surface area contributed by atoms with Crippen LogP contribution in [0, 0.1) is 0 Å². The topological polar surface area (TPSA) is 62.4 Å². The molecule has 1 atom stereocenters. The van der Waals surface area contributed by atoms with E-state index in [4.69, 9.17) is 9.47 Å². The minimum absolute atomic E-state index is 0.251.